The van der Waals surface area contributed by atoms with E-state index in [2.05, 4.69) is 9.97 Å². The number of aromatic nitrogens is 2. The standard InChI is InChI=1S/C11H17N5O2/c1-7(12)8-6-16(4-5-18-8)11-9(10(13)17)14-2-3-15-11/h2-3,7-8H,4-6,12H2,1H3,(H2,13,17). The lowest BCUT2D eigenvalue weighted by Gasteiger charge is -2.35. The molecule has 0 aromatic carbocycles. The number of anilines is 1. The van der Waals surface area contributed by atoms with Gasteiger partial charge in [-0.2, -0.15) is 0 Å². The number of nitrogens with two attached hydrogens (primary N) is 2. The molecule has 7 nitrogen and oxygen atoms in total. The maximum Gasteiger partial charge on any atom is 0.271 e. The van der Waals surface area contributed by atoms with E-state index in [9.17, 15) is 4.79 Å². The van der Waals surface area contributed by atoms with Gasteiger partial charge in [-0.1, -0.05) is 0 Å². The predicted molar refractivity (Wildman–Crippen MR) is 66.2 cm³/mol. The molecule has 0 radical (unpaired) electrons. The van der Waals surface area contributed by atoms with Crippen LogP contribution in [0.2, 0.25) is 0 Å². The zero-order chi connectivity index (χ0) is 13.1. The topological polar surface area (TPSA) is 107 Å². The van der Waals surface area contributed by atoms with Gasteiger partial charge in [0.25, 0.3) is 5.91 Å². The van der Waals surface area contributed by atoms with E-state index in [4.69, 9.17) is 16.2 Å². The van der Waals surface area contributed by atoms with E-state index >= 15 is 0 Å². The molecule has 1 aromatic heterocycles. The summed E-state index contributed by atoms with van der Waals surface area (Å²) in [6.45, 7) is 3.65. The Morgan fingerprint density at radius 3 is 2.94 bits per heavy atom. The number of carbonyl (C=O) groups is 1. The second-order valence-electron chi connectivity index (χ2n) is 4.31. The summed E-state index contributed by atoms with van der Waals surface area (Å²) in [4.78, 5) is 21.4. The maximum atomic E-state index is 11.3. The van der Waals surface area contributed by atoms with Crippen LogP contribution in [0.5, 0.6) is 0 Å². The van der Waals surface area contributed by atoms with Gasteiger partial charge in [0.15, 0.2) is 11.5 Å². The van der Waals surface area contributed by atoms with E-state index < -0.39 is 5.91 Å². The normalized spacial score (nSPS) is 21.7. The molecule has 1 saturated heterocycles. The van der Waals surface area contributed by atoms with Gasteiger partial charge in [-0.25, -0.2) is 9.97 Å². The molecule has 2 unspecified atom stereocenters. The molecule has 18 heavy (non-hydrogen) atoms. The Labute approximate surface area is 105 Å². The lowest BCUT2D eigenvalue weighted by atomic mass is 10.1. The average Bonchev–Trinajstić information content (AvgIpc) is 2.39. The van der Waals surface area contributed by atoms with Gasteiger partial charge in [-0.15, -0.1) is 0 Å². The minimum absolute atomic E-state index is 0.0819. The zero-order valence-corrected chi connectivity index (χ0v) is 10.2. The third kappa shape index (κ3) is 2.57. The van der Waals surface area contributed by atoms with Crippen LogP contribution < -0.4 is 16.4 Å². The number of primary amides is 1. The highest BCUT2D eigenvalue weighted by Crippen LogP contribution is 2.18. The van der Waals surface area contributed by atoms with Gasteiger partial charge in [-0.3, -0.25) is 4.79 Å². The molecule has 1 aliphatic rings. The molecule has 98 valence electrons. The van der Waals surface area contributed by atoms with Crippen molar-refractivity contribution >= 4 is 11.7 Å². The van der Waals surface area contributed by atoms with Gasteiger partial charge in [-0.05, 0) is 6.92 Å². The second kappa shape index (κ2) is 5.28. The predicted octanol–water partition coefficient (Wildman–Crippen LogP) is -0.872. The SMILES string of the molecule is CC(N)C1CN(c2nccnc2C(N)=O)CCO1. The van der Waals surface area contributed by atoms with Crippen molar-refractivity contribution in [3.05, 3.63) is 18.1 Å². The third-order valence-corrected chi connectivity index (χ3v) is 2.89. The smallest absolute Gasteiger partial charge is 0.271 e. The van der Waals surface area contributed by atoms with Crippen molar-refractivity contribution in [2.75, 3.05) is 24.6 Å². The average molecular weight is 251 g/mol. The number of rotatable bonds is 3. The van der Waals surface area contributed by atoms with Crippen LogP contribution in [0.4, 0.5) is 5.82 Å². The molecule has 1 aromatic rings. The van der Waals surface area contributed by atoms with Crippen molar-refractivity contribution < 1.29 is 9.53 Å². The number of amides is 1. The highest BCUT2D eigenvalue weighted by Gasteiger charge is 2.26. The van der Waals surface area contributed by atoms with Crippen LogP contribution in [0, 0.1) is 0 Å². The summed E-state index contributed by atoms with van der Waals surface area (Å²) in [7, 11) is 0. The molecular formula is C11H17N5O2. The van der Waals surface area contributed by atoms with Crippen LogP contribution in [-0.2, 0) is 4.74 Å². The van der Waals surface area contributed by atoms with Gasteiger partial charge in [0.05, 0.1) is 12.7 Å². The minimum Gasteiger partial charge on any atom is -0.373 e. The van der Waals surface area contributed by atoms with Crippen LogP contribution in [0.25, 0.3) is 0 Å². The molecule has 2 atom stereocenters. The molecule has 2 heterocycles. The fourth-order valence-corrected chi connectivity index (χ4v) is 1.92. The van der Waals surface area contributed by atoms with E-state index in [1.54, 1.807) is 0 Å². The summed E-state index contributed by atoms with van der Waals surface area (Å²) in [5, 5.41) is 0. The first-order valence-corrected chi connectivity index (χ1v) is 5.82. The lowest BCUT2D eigenvalue weighted by Crippen LogP contribution is -2.50. The number of hydrogen-bond acceptors (Lipinski definition) is 6. The molecule has 1 aliphatic heterocycles. The van der Waals surface area contributed by atoms with Gasteiger partial charge < -0.3 is 21.1 Å². The Morgan fingerprint density at radius 2 is 2.28 bits per heavy atom. The first-order chi connectivity index (χ1) is 8.59. The van der Waals surface area contributed by atoms with Crippen molar-refractivity contribution in [2.24, 2.45) is 11.5 Å². The van der Waals surface area contributed by atoms with Crippen LogP contribution in [0.1, 0.15) is 17.4 Å². The van der Waals surface area contributed by atoms with Crippen LogP contribution in [-0.4, -0.2) is 47.7 Å². The Bertz CT molecular complexity index is 437. The van der Waals surface area contributed by atoms with Crippen LogP contribution in [0.15, 0.2) is 12.4 Å². The van der Waals surface area contributed by atoms with E-state index in [1.165, 1.54) is 12.4 Å². The van der Waals surface area contributed by atoms with Crippen molar-refractivity contribution in [3.8, 4) is 0 Å². The fraction of sp³-hybridized carbons (Fsp3) is 0.545. The Morgan fingerprint density at radius 1 is 1.56 bits per heavy atom. The van der Waals surface area contributed by atoms with Gasteiger partial charge in [0, 0.05) is 31.5 Å². The molecule has 0 bridgehead atoms. The third-order valence-electron chi connectivity index (χ3n) is 2.89. The summed E-state index contributed by atoms with van der Waals surface area (Å²) in [6.07, 6.45) is 2.91. The fourth-order valence-electron chi connectivity index (χ4n) is 1.92. The number of ether oxygens (including phenoxy) is 1. The summed E-state index contributed by atoms with van der Waals surface area (Å²) in [5.41, 5.74) is 11.3. The van der Waals surface area contributed by atoms with Gasteiger partial charge in [0.2, 0.25) is 0 Å². The number of carbonyl (C=O) groups excluding carboxylic acids is 1. The zero-order valence-electron chi connectivity index (χ0n) is 10.2. The van der Waals surface area contributed by atoms with Gasteiger partial charge >= 0.3 is 0 Å². The molecule has 4 N–H and O–H groups in total. The summed E-state index contributed by atoms with van der Waals surface area (Å²) in [5.74, 6) is -0.0825. The molecule has 1 amide bonds. The van der Waals surface area contributed by atoms with Gasteiger partial charge in [0.1, 0.15) is 0 Å². The highest BCUT2D eigenvalue weighted by molar-refractivity contribution is 5.95. The van der Waals surface area contributed by atoms with E-state index in [0.29, 0.717) is 25.5 Å². The van der Waals surface area contributed by atoms with Crippen LogP contribution >= 0.6 is 0 Å². The van der Waals surface area contributed by atoms with E-state index in [0.717, 1.165) is 0 Å². The molecule has 0 saturated carbocycles. The highest BCUT2D eigenvalue weighted by atomic mass is 16.5. The summed E-state index contributed by atoms with van der Waals surface area (Å²) >= 11 is 0. The first-order valence-electron chi connectivity index (χ1n) is 5.82. The molecular weight excluding hydrogens is 234 g/mol. The molecule has 7 heteroatoms. The van der Waals surface area contributed by atoms with Crippen LogP contribution in [0.3, 0.4) is 0 Å². The Kier molecular flexibility index (Phi) is 3.73. The molecule has 0 aliphatic carbocycles. The van der Waals surface area contributed by atoms with E-state index in [-0.39, 0.29) is 17.8 Å². The Balaban J connectivity index is 2.23. The largest absolute Gasteiger partial charge is 0.373 e. The minimum atomic E-state index is -0.582. The van der Waals surface area contributed by atoms with Crippen molar-refractivity contribution in [1.82, 2.24) is 9.97 Å². The number of morpholine rings is 1. The molecule has 2 rings (SSSR count). The van der Waals surface area contributed by atoms with E-state index in [1.807, 2.05) is 11.8 Å². The quantitative estimate of drug-likeness (QED) is 0.723. The van der Waals surface area contributed by atoms with Crippen molar-refractivity contribution in [1.29, 1.82) is 0 Å². The first kappa shape index (κ1) is 12.7. The number of hydrogen-bond donors (Lipinski definition) is 2. The number of nitrogens with zero attached hydrogens (tertiary/aromatic N) is 3. The van der Waals surface area contributed by atoms with Crippen molar-refractivity contribution in [3.63, 3.8) is 0 Å². The maximum absolute atomic E-state index is 11.3. The lowest BCUT2D eigenvalue weighted by molar-refractivity contribution is 0.0272. The second-order valence-corrected chi connectivity index (χ2v) is 4.31. The molecule has 1 fully saturated rings. The summed E-state index contributed by atoms with van der Waals surface area (Å²) in [6, 6.07) is -0.0819. The monoisotopic (exact) mass is 251 g/mol. The molecule has 0 spiro atoms. The summed E-state index contributed by atoms with van der Waals surface area (Å²) < 4.78 is 5.56. The van der Waals surface area contributed by atoms with Crippen molar-refractivity contribution in [2.45, 2.75) is 19.1 Å². The Hall–Kier alpha value is -1.73.